The molecule has 2 aromatic rings. The molecule has 0 aliphatic carbocycles. The standard InChI is InChI=1S/C16H14N2O3S2.C2H6/c1-10-3-8-13(21-10)9-14-15(19)18(16(22)23-14)12-6-4-11(5-7-12)17-20-2;1-2/h3-9,17H,1-2H3;1-2H3/p+1/b14-9-;. The molecule has 1 aromatic carbocycles. The number of aryl methyl sites for hydroxylation is 1. The summed E-state index contributed by atoms with van der Waals surface area (Å²) < 4.78 is 6.00. The van der Waals surface area contributed by atoms with Gasteiger partial charge in [0.25, 0.3) is 5.91 Å². The fourth-order valence-corrected chi connectivity index (χ4v) is 3.47. The van der Waals surface area contributed by atoms with Gasteiger partial charge in [-0.1, -0.05) is 37.8 Å². The zero-order valence-corrected chi connectivity index (χ0v) is 16.2. The number of amides is 1. The van der Waals surface area contributed by atoms with Gasteiger partial charge >= 0.3 is 0 Å². The number of thioether (sulfide) groups is 1. The zero-order chi connectivity index (χ0) is 18.4. The van der Waals surface area contributed by atoms with E-state index in [-0.39, 0.29) is 5.91 Å². The van der Waals surface area contributed by atoms with Crippen LogP contribution in [0, 0.1) is 6.92 Å². The lowest BCUT2D eigenvalue weighted by molar-refractivity contribution is -0.830. The number of hydrogen-bond donors (Lipinski definition) is 1. The average molecular weight is 378 g/mol. The molecular formula is C18H21N2O3S2+. The highest BCUT2D eigenvalue weighted by Gasteiger charge is 2.33. The van der Waals surface area contributed by atoms with Crippen molar-refractivity contribution in [2.45, 2.75) is 20.8 Å². The van der Waals surface area contributed by atoms with Gasteiger partial charge in [0.2, 0.25) is 0 Å². The lowest BCUT2D eigenvalue weighted by Gasteiger charge is -2.14. The van der Waals surface area contributed by atoms with Gasteiger partial charge in [-0.25, -0.2) is 4.84 Å². The summed E-state index contributed by atoms with van der Waals surface area (Å²) in [4.78, 5) is 19.7. The number of quaternary nitrogens is 1. The molecule has 132 valence electrons. The largest absolute Gasteiger partial charge is 0.462 e. The summed E-state index contributed by atoms with van der Waals surface area (Å²) in [6.07, 6.45) is 1.72. The molecule has 2 heterocycles. The summed E-state index contributed by atoms with van der Waals surface area (Å²) in [5, 5.41) is 0. The van der Waals surface area contributed by atoms with Crippen LogP contribution in [0.3, 0.4) is 0 Å². The molecule has 0 saturated carbocycles. The fraction of sp³-hybridized carbons (Fsp3) is 0.222. The third-order valence-corrected chi connectivity index (χ3v) is 4.54. The second-order valence-electron chi connectivity index (χ2n) is 4.91. The third-order valence-electron chi connectivity index (χ3n) is 3.23. The molecular weight excluding hydrogens is 356 g/mol. The van der Waals surface area contributed by atoms with Crippen molar-refractivity contribution in [1.82, 2.24) is 0 Å². The molecule has 7 heteroatoms. The fourth-order valence-electron chi connectivity index (χ4n) is 2.19. The Morgan fingerprint density at radius 2 is 1.88 bits per heavy atom. The Bertz CT molecular complexity index is 782. The normalized spacial score (nSPS) is 15.5. The number of carbonyl (C=O) groups excluding carboxylic acids is 1. The highest BCUT2D eigenvalue weighted by atomic mass is 32.2. The predicted molar refractivity (Wildman–Crippen MR) is 105 cm³/mol. The Hall–Kier alpha value is -1.93. The number of furan rings is 1. The summed E-state index contributed by atoms with van der Waals surface area (Å²) in [6.45, 7) is 5.86. The Morgan fingerprint density at radius 3 is 2.44 bits per heavy atom. The quantitative estimate of drug-likeness (QED) is 0.380. The van der Waals surface area contributed by atoms with Gasteiger partial charge in [0.1, 0.15) is 11.5 Å². The van der Waals surface area contributed by atoms with Gasteiger partial charge in [0, 0.05) is 18.2 Å². The van der Waals surface area contributed by atoms with Crippen LogP contribution in [0.4, 0.5) is 11.4 Å². The van der Waals surface area contributed by atoms with Crippen molar-refractivity contribution in [3.8, 4) is 0 Å². The van der Waals surface area contributed by atoms with Gasteiger partial charge in [-0.2, -0.15) is 5.48 Å². The van der Waals surface area contributed by atoms with Crippen LogP contribution in [0.1, 0.15) is 25.4 Å². The molecule has 1 saturated heterocycles. The van der Waals surface area contributed by atoms with Gasteiger partial charge in [0.05, 0.1) is 17.7 Å². The number of carbonyl (C=O) groups is 1. The average Bonchev–Trinajstić information content (AvgIpc) is 3.14. The van der Waals surface area contributed by atoms with E-state index < -0.39 is 0 Å². The number of hydrogen-bond acceptors (Lipinski definition) is 5. The number of anilines is 1. The second kappa shape index (κ2) is 8.96. The maximum atomic E-state index is 12.6. The maximum Gasteiger partial charge on any atom is 0.270 e. The van der Waals surface area contributed by atoms with Gasteiger partial charge < -0.3 is 4.42 Å². The number of benzene rings is 1. The predicted octanol–water partition coefficient (Wildman–Crippen LogP) is 3.78. The first-order valence-corrected chi connectivity index (χ1v) is 9.11. The topological polar surface area (TPSA) is 59.3 Å². The van der Waals surface area contributed by atoms with E-state index >= 15 is 0 Å². The molecule has 25 heavy (non-hydrogen) atoms. The highest BCUT2D eigenvalue weighted by Crippen LogP contribution is 2.36. The van der Waals surface area contributed by atoms with Gasteiger partial charge in [0.15, 0.2) is 10.0 Å². The molecule has 1 aromatic heterocycles. The number of rotatable bonds is 4. The van der Waals surface area contributed by atoms with Crippen molar-refractivity contribution in [3.63, 3.8) is 0 Å². The maximum absolute atomic E-state index is 12.6. The van der Waals surface area contributed by atoms with Crippen molar-refractivity contribution in [2.75, 3.05) is 12.0 Å². The van der Waals surface area contributed by atoms with E-state index in [0.717, 1.165) is 17.1 Å². The first kappa shape index (κ1) is 19.4. The van der Waals surface area contributed by atoms with E-state index in [1.165, 1.54) is 16.7 Å². The number of thiocarbonyl (C=S) groups is 1. The van der Waals surface area contributed by atoms with Crippen LogP contribution in [0.5, 0.6) is 0 Å². The Labute approximate surface area is 157 Å². The molecule has 2 N–H and O–H groups in total. The minimum atomic E-state index is -0.141. The molecule has 5 nitrogen and oxygen atoms in total. The van der Waals surface area contributed by atoms with Crippen LogP contribution in [0.15, 0.2) is 45.7 Å². The van der Waals surface area contributed by atoms with Crippen molar-refractivity contribution < 1.29 is 19.5 Å². The van der Waals surface area contributed by atoms with Crippen LogP contribution < -0.4 is 10.4 Å². The monoisotopic (exact) mass is 377 g/mol. The Balaban J connectivity index is 0.00000109. The van der Waals surface area contributed by atoms with E-state index in [1.807, 2.05) is 57.2 Å². The summed E-state index contributed by atoms with van der Waals surface area (Å²) >= 11 is 6.62. The summed E-state index contributed by atoms with van der Waals surface area (Å²) in [5.41, 5.74) is 3.29. The Morgan fingerprint density at radius 1 is 1.20 bits per heavy atom. The van der Waals surface area contributed by atoms with E-state index in [1.54, 1.807) is 18.7 Å². The van der Waals surface area contributed by atoms with E-state index in [4.69, 9.17) is 21.5 Å². The zero-order valence-electron chi connectivity index (χ0n) is 14.6. The molecule has 0 atom stereocenters. The molecule has 0 unspecified atom stereocenters. The molecule has 1 amide bonds. The number of nitrogens with two attached hydrogens (primary N) is 1. The Kier molecular flexibility index (Phi) is 6.95. The van der Waals surface area contributed by atoms with E-state index in [2.05, 4.69) is 0 Å². The molecule has 1 aliphatic heterocycles. The molecule has 0 spiro atoms. The smallest absolute Gasteiger partial charge is 0.270 e. The molecule has 1 aliphatic rings. The van der Waals surface area contributed by atoms with Crippen molar-refractivity contribution in [2.24, 2.45) is 0 Å². The van der Waals surface area contributed by atoms with Crippen LogP contribution in [-0.4, -0.2) is 17.3 Å². The highest BCUT2D eigenvalue weighted by molar-refractivity contribution is 8.27. The summed E-state index contributed by atoms with van der Waals surface area (Å²) in [7, 11) is 1.59. The molecule has 1 fully saturated rings. The van der Waals surface area contributed by atoms with Crippen molar-refractivity contribution in [3.05, 3.63) is 52.8 Å². The summed E-state index contributed by atoms with van der Waals surface area (Å²) in [6, 6.07) is 11.1. The van der Waals surface area contributed by atoms with Crippen molar-refractivity contribution in [1.29, 1.82) is 0 Å². The minimum Gasteiger partial charge on any atom is -0.462 e. The first-order valence-electron chi connectivity index (χ1n) is 7.89. The lowest BCUT2D eigenvalue weighted by Crippen LogP contribution is -2.75. The van der Waals surface area contributed by atoms with Gasteiger partial charge in [-0.3, -0.25) is 9.69 Å². The van der Waals surface area contributed by atoms with Crippen LogP contribution >= 0.6 is 24.0 Å². The van der Waals surface area contributed by atoms with Crippen LogP contribution in [-0.2, 0) is 9.63 Å². The molecule has 3 rings (SSSR count). The van der Waals surface area contributed by atoms with Crippen LogP contribution in [0.2, 0.25) is 0 Å². The van der Waals surface area contributed by atoms with E-state index in [9.17, 15) is 4.79 Å². The lowest BCUT2D eigenvalue weighted by atomic mass is 10.2. The van der Waals surface area contributed by atoms with Gasteiger partial charge in [-0.05, 0) is 31.2 Å². The SMILES string of the molecule is CC.CO[NH2+]c1ccc(N2C(=O)/C(=C/c3ccc(C)o3)SC2=S)cc1. The van der Waals surface area contributed by atoms with E-state index in [0.29, 0.717) is 15.0 Å². The summed E-state index contributed by atoms with van der Waals surface area (Å²) in [5.74, 6) is 1.31. The first-order chi connectivity index (χ1) is 12.1. The minimum absolute atomic E-state index is 0.141. The second-order valence-corrected chi connectivity index (χ2v) is 6.59. The third kappa shape index (κ3) is 4.58. The van der Waals surface area contributed by atoms with Crippen LogP contribution in [0.25, 0.3) is 6.08 Å². The molecule has 0 bridgehead atoms. The van der Waals surface area contributed by atoms with Crippen molar-refractivity contribution >= 4 is 51.7 Å². The van der Waals surface area contributed by atoms with Gasteiger partial charge in [-0.15, -0.1) is 0 Å². The molecule has 0 radical (unpaired) electrons. The number of nitrogens with zero attached hydrogens (tertiary/aromatic N) is 1.